The van der Waals surface area contributed by atoms with E-state index in [0.717, 1.165) is 58.2 Å². The SMILES string of the molecule is COC[C@@]12CC[C@@H](N3CCOCC3)C[C@H]1CCN(c1cc(C(N)=O)ccn1)C2. The van der Waals surface area contributed by atoms with Crippen molar-refractivity contribution >= 4 is 11.7 Å². The number of aromatic nitrogens is 1. The smallest absolute Gasteiger partial charge is 0.248 e. The third-order valence-electron chi connectivity index (χ3n) is 7.00. The van der Waals surface area contributed by atoms with Crippen molar-refractivity contribution in [2.24, 2.45) is 17.1 Å². The van der Waals surface area contributed by atoms with E-state index in [1.807, 2.05) is 13.2 Å². The fraction of sp³-hybridized carbons (Fsp3) is 0.714. The van der Waals surface area contributed by atoms with E-state index in [1.54, 1.807) is 12.3 Å². The molecule has 1 saturated carbocycles. The number of nitrogens with zero attached hydrogens (tertiary/aromatic N) is 3. The number of anilines is 1. The largest absolute Gasteiger partial charge is 0.384 e. The lowest BCUT2D eigenvalue weighted by Crippen LogP contribution is -2.57. The second-order valence-corrected chi connectivity index (χ2v) is 8.55. The van der Waals surface area contributed by atoms with E-state index in [0.29, 0.717) is 17.5 Å². The van der Waals surface area contributed by atoms with Crippen molar-refractivity contribution in [3.63, 3.8) is 0 Å². The topological polar surface area (TPSA) is 80.9 Å². The molecule has 1 amide bonds. The number of fused-ring (bicyclic) bond motifs is 1. The molecule has 0 bridgehead atoms. The molecule has 3 heterocycles. The Morgan fingerprint density at radius 1 is 1.36 bits per heavy atom. The second-order valence-electron chi connectivity index (χ2n) is 8.55. The number of primary amides is 1. The van der Waals surface area contributed by atoms with Crippen molar-refractivity contribution in [2.75, 3.05) is 58.0 Å². The third kappa shape index (κ3) is 3.88. The van der Waals surface area contributed by atoms with Crippen LogP contribution >= 0.6 is 0 Å². The van der Waals surface area contributed by atoms with Crippen LogP contribution in [0.1, 0.15) is 36.0 Å². The highest BCUT2D eigenvalue weighted by Crippen LogP contribution is 2.48. The fourth-order valence-corrected chi connectivity index (χ4v) is 5.50. The number of pyridine rings is 1. The van der Waals surface area contributed by atoms with Crippen LogP contribution in [0.3, 0.4) is 0 Å². The van der Waals surface area contributed by atoms with Gasteiger partial charge in [-0.25, -0.2) is 4.98 Å². The minimum Gasteiger partial charge on any atom is -0.384 e. The van der Waals surface area contributed by atoms with Crippen LogP contribution in [0.25, 0.3) is 0 Å². The summed E-state index contributed by atoms with van der Waals surface area (Å²) in [6.07, 6.45) is 6.43. The molecule has 1 aromatic rings. The molecule has 7 heteroatoms. The first-order chi connectivity index (χ1) is 13.6. The summed E-state index contributed by atoms with van der Waals surface area (Å²) in [6.45, 7) is 6.51. The zero-order valence-corrected chi connectivity index (χ0v) is 16.8. The van der Waals surface area contributed by atoms with Gasteiger partial charge in [-0.3, -0.25) is 9.69 Å². The van der Waals surface area contributed by atoms with Gasteiger partial charge in [0.15, 0.2) is 0 Å². The fourth-order valence-electron chi connectivity index (χ4n) is 5.50. The van der Waals surface area contributed by atoms with Crippen LogP contribution in [0.2, 0.25) is 0 Å². The predicted octanol–water partition coefficient (Wildman–Crippen LogP) is 1.52. The van der Waals surface area contributed by atoms with Crippen molar-refractivity contribution in [1.29, 1.82) is 0 Å². The Labute approximate surface area is 167 Å². The Bertz CT molecular complexity index is 694. The Morgan fingerprint density at radius 3 is 2.93 bits per heavy atom. The van der Waals surface area contributed by atoms with E-state index in [2.05, 4.69) is 14.8 Å². The van der Waals surface area contributed by atoms with E-state index in [9.17, 15) is 4.79 Å². The van der Waals surface area contributed by atoms with Crippen molar-refractivity contribution in [3.8, 4) is 0 Å². The van der Waals surface area contributed by atoms with Gasteiger partial charge >= 0.3 is 0 Å². The van der Waals surface area contributed by atoms with Gasteiger partial charge in [0.05, 0.1) is 19.8 Å². The summed E-state index contributed by atoms with van der Waals surface area (Å²) in [5, 5.41) is 0. The average molecular weight is 389 g/mol. The molecule has 28 heavy (non-hydrogen) atoms. The number of hydrogen-bond acceptors (Lipinski definition) is 6. The van der Waals surface area contributed by atoms with E-state index in [4.69, 9.17) is 15.2 Å². The summed E-state index contributed by atoms with van der Waals surface area (Å²) in [6, 6.07) is 4.17. The Hall–Kier alpha value is -1.70. The molecule has 3 fully saturated rings. The molecule has 3 aliphatic rings. The lowest BCUT2D eigenvalue weighted by Gasteiger charge is -2.54. The molecule has 7 nitrogen and oxygen atoms in total. The average Bonchev–Trinajstić information content (AvgIpc) is 2.74. The summed E-state index contributed by atoms with van der Waals surface area (Å²) in [5.74, 6) is 1.10. The first-order valence-electron chi connectivity index (χ1n) is 10.4. The molecule has 154 valence electrons. The van der Waals surface area contributed by atoms with Gasteiger partial charge in [-0.1, -0.05) is 0 Å². The third-order valence-corrected chi connectivity index (χ3v) is 7.00. The maximum atomic E-state index is 11.6. The van der Waals surface area contributed by atoms with Gasteiger partial charge in [0.1, 0.15) is 5.82 Å². The van der Waals surface area contributed by atoms with Crippen molar-refractivity contribution < 1.29 is 14.3 Å². The molecule has 0 radical (unpaired) electrons. The minimum atomic E-state index is -0.406. The van der Waals surface area contributed by atoms with Crippen molar-refractivity contribution in [1.82, 2.24) is 9.88 Å². The van der Waals surface area contributed by atoms with Gasteiger partial charge in [0.2, 0.25) is 5.91 Å². The van der Waals surface area contributed by atoms with Crippen LogP contribution in [0.4, 0.5) is 5.82 Å². The molecule has 0 spiro atoms. The number of carbonyl (C=O) groups excluding carboxylic acids is 1. The molecule has 1 aromatic heterocycles. The van der Waals surface area contributed by atoms with Gasteiger partial charge in [-0.15, -0.1) is 0 Å². The molecule has 0 unspecified atom stereocenters. The monoisotopic (exact) mass is 388 g/mol. The van der Waals surface area contributed by atoms with Gasteiger partial charge in [0, 0.05) is 56.5 Å². The molecule has 2 N–H and O–H groups in total. The molecular weight excluding hydrogens is 356 g/mol. The second kappa shape index (κ2) is 8.35. The molecule has 0 aromatic carbocycles. The van der Waals surface area contributed by atoms with Crippen LogP contribution in [0.15, 0.2) is 18.3 Å². The van der Waals surface area contributed by atoms with Crippen LogP contribution in [-0.2, 0) is 9.47 Å². The van der Waals surface area contributed by atoms with Crippen LogP contribution in [0.5, 0.6) is 0 Å². The van der Waals surface area contributed by atoms with Gasteiger partial charge in [-0.05, 0) is 43.7 Å². The standard InChI is InChI=1S/C21H32N4O3/c1-27-15-21-5-2-18(24-8-10-28-11-9-24)13-17(21)4-7-25(14-21)19-12-16(20(22)26)3-6-23-19/h3,6,12,17-18H,2,4-5,7-11,13-15H2,1H3,(H2,22,26)/t17-,18-,21+/m1/s1. The van der Waals surface area contributed by atoms with E-state index >= 15 is 0 Å². The van der Waals surface area contributed by atoms with Crippen LogP contribution in [0, 0.1) is 11.3 Å². The number of methoxy groups -OCH3 is 1. The summed E-state index contributed by atoms with van der Waals surface area (Å²) >= 11 is 0. The molecule has 1 aliphatic carbocycles. The number of nitrogens with two attached hydrogens (primary N) is 1. The number of amides is 1. The van der Waals surface area contributed by atoms with E-state index in [1.165, 1.54) is 19.3 Å². The highest BCUT2D eigenvalue weighted by molar-refractivity contribution is 5.93. The number of morpholine rings is 1. The number of hydrogen-bond donors (Lipinski definition) is 1. The first-order valence-corrected chi connectivity index (χ1v) is 10.4. The van der Waals surface area contributed by atoms with Gasteiger partial charge in [-0.2, -0.15) is 0 Å². The minimum absolute atomic E-state index is 0.153. The van der Waals surface area contributed by atoms with Crippen molar-refractivity contribution in [2.45, 2.75) is 31.7 Å². The molecular formula is C21H32N4O3. The lowest BCUT2D eigenvalue weighted by molar-refractivity contribution is -0.0540. The molecule has 3 atom stereocenters. The molecule has 2 saturated heterocycles. The van der Waals surface area contributed by atoms with Crippen LogP contribution in [-0.4, -0.2) is 74.9 Å². The van der Waals surface area contributed by atoms with E-state index in [-0.39, 0.29) is 5.41 Å². The zero-order chi connectivity index (χ0) is 19.6. The number of ether oxygens (including phenoxy) is 2. The lowest BCUT2D eigenvalue weighted by atomic mass is 9.62. The van der Waals surface area contributed by atoms with Gasteiger partial charge < -0.3 is 20.1 Å². The van der Waals surface area contributed by atoms with Crippen LogP contribution < -0.4 is 10.6 Å². The highest BCUT2D eigenvalue weighted by Gasteiger charge is 2.48. The Morgan fingerprint density at radius 2 is 2.18 bits per heavy atom. The quantitative estimate of drug-likeness (QED) is 0.824. The summed E-state index contributed by atoms with van der Waals surface area (Å²) in [5.41, 5.74) is 6.13. The predicted molar refractivity (Wildman–Crippen MR) is 107 cm³/mol. The number of piperidine rings is 1. The Kier molecular flexibility index (Phi) is 5.85. The normalized spacial score (nSPS) is 31.4. The Balaban J connectivity index is 1.50. The van der Waals surface area contributed by atoms with Gasteiger partial charge in [0.25, 0.3) is 0 Å². The molecule has 4 rings (SSSR count). The summed E-state index contributed by atoms with van der Waals surface area (Å²) in [4.78, 5) is 21.0. The summed E-state index contributed by atoms with van der Waals surface area (Å²) in [7, 11) is 1.81. The zero-order valence-electron chi connectivity index (χ0n) is 16.8. The summed E-state index contributed by atoms with van der Waals surface area (Å²) < 4.78 is 11.3. The maximum Gasteiger partial charge on any atom is 0.248 e. The van der Waals surface area contributed by atoms with Crippen molar-refractivity contribution in [3.05, 3.63) is 23.9 Å². The molecule has 2 aliphatic heterocycles. The first kappa shape index (κ1) is 19.6. The van der Waals surface area contributed by atoms with E-state index < -0.39 is 5.91 Å². The number of rotatable bonds is 5. The number of carbonyl (C=O) groups is 1. The maximum absolute atomic E-state index is 11.6. The highest BCUT2D eigenvalue weighted by atomic mass is 16.5.